The quantitative estimate of drug-likeness (QED) is 0.797. The van der Waals surface area contributed by atoms with Gasteiger partial charge in [0, 0.05) is 18.2 Å². The number of nitrogens with two attached hydrogens (primary N) is 1. The van der Waals surface area contributed by atoms with E-state index in [1.165, 1.54) is 0 Å². The molecule has 0 fully saturated rings. The second kappa shape index (κ2) is 7.07. The van der Waals surface area contributed by atoms with Crippen LogP contribution >= 0.6 is 0 Å². The maximum Gasteiger partial charge on any atom is 0.226 e. The zero-order valence-corrected chi connectivity index (χ0v) is 10.9. The highest BCUT2D eigenvalue weighted by Gasteiger charge is 2.05. The maximum atomic E-state index is 11.9. The van der Waals surface area contributed by atoms with Gasteiger partial charge >= 0.3 is 0 Å². The molecule has 0 bridgehead atoms. The average Bonchev–Trinajstić information content (AvgIpc) is 2.97. The Bertz CT molecular complexity index is 625. The number of para-hydroxylation sites is 1. The smallest absolute Gasteiger partial charge is 0.226 e. The molecule has 0 spiro atoms. The van der Waals surface area contributed by atoms with Crippen molar-refractivity contribution in [2.24, 2.45) is 5.73 Å². The fourth-order valence-corrected chi connectivity index (χ4v) is 1.63. The molecule has 102 valence electrons. The number of aromatic nitrogens is 3. The number of nitrogens with zero attached hydrogens (tertiary/aromatic N) is 3. The Labute approximate surface area is 117 Å². The highest BCUT2D eigenvalue weighted by Crippen LogP contribution is 2.13. The predicted molar refractivity (Wildman–Crippen MR) is 75.6 cm³/mol. The lowest BCUT2D eigenvalue weighted by Gasteiger charge is -2.07. The van der Waals surface area contributed by atoms with Gasteiger partial charge < -0.3 is 11.1 Å². The van der Waals surface area contributed by atoms with E-state index in [0.29, 0.717) is 18.7 Å². The number of hydrogen-bond acceptors (Lipinski definition) is 4. The lowest BCUT2D eigenvalue weighted by atomic mass is 10.1. The molecule has 0 unspecified atom stereocenters. The van der Waals surface area contributed by atoms with E-state index < -0.39 is 0 Å². The van der Waals surface area contributed by atoms with Crippen LogP contribution in [0.2, 0.25) is 0 Å². The minimum Gasteiger partial charge on any atom is -0.325 e. The number of benzene rings is 1. The van der Waals surface area contributed by atoms with E-state index in [1.807, 2.05) is 24.3 Å². The van der Waals surface area contributed by atoms with Crippen molar-refractivity contribution in [1.82, 2.24) is 15.0 Å². The van der Waals surface area contributed by atoms with Crippen molar-refractivity contribution in [3.05, 3.63) is 42.2 Å². The third-order valence-corrected chi connectivity index (χ3v) is 2.57. The summed E-state index contributed by atoms with van der Waals surface area (Å²) in [6.07, 6.45) is 3.62. The Morgan fingerprint density at radius 3 is 3.00 bits per heavy atom. The van der Waals surface area contributed by atoms with E-state index in [1.54, 1.807) is 17.1 Å². The van der Waals surface area contributed by atoms with Gasteiger partial charge in [0.2, 0.25) is 5.91 Å². The lowest BCUT2D eigenvalue weighted by molar-refractivity contribution is -0.116. The van der Waals surface area contributed by atoms with Gasteiger partial charge in [0.05, 0.1) is 25.0 Å². The molecule has 0 atom stereocenters. The summed E-state index contributed by atoms with van der Waals surface area (Å²) in [5.74, 6) is 5.61. The van der Waals surface area contributed by atoms with Crippen LogP contribution in [0.1, 0.15) is 12.0 Å². The van der Waals surface area contributed by atoms with E-state index in [-0.39, 0.29) is 12.5 Å². The van der Waals surface area contributed by atoms with Gasteiger partial charge in [-0.3, -0.25) is 9.48 Å². The van der Waals surface area contributed by atoms with Gasteiger partial charge in [-0.2, -0.15) is 0 Å². The number of aryl methyl sites for hydroxylation is 1. The van der Waals surface area contributed by atoms with Crippen molar-refractivity contribution in [2.75, 3.05) is 11.9 Å². The van der Waals surface area contributed by atoms with Gasteiger partial charge in [0.25, 0.3) is 0 Å². The highest BCUT2D eigenvalue weighted by atomic mass is 16.1. The molecule has 1 aromatic carbocycles. The number of rotatable bonds is 4. The number of hydrogen-bond donors (Lipinski definition) is 2. The van der Waals surface area contributed by atoms with E-state index >= 15 is 0 Å². The summed E-state index contributed by atoms with van der Waals surface area (Å²) < 4.78 is 1.61. The molecule has 3 N–H and O–H groups in total. The van der Waals surface area contributed by atoms with Crippen LogP contribution in [0.15, 0.2) is 36.7 Å². The third-order valence-electron chi connectivity index (χ3n) is 2.57. The van der Waals surface area contributed by atoms with Crippen molar-refractivity contribution in [1.29, 1.82) is 0 Å². The van der Waals surface area contributed by atoms with E-state index in [9.17, 15) is 4.79 Å². The summed E-state index contributed by atoms with van der Waals surface area (Å²) in [4.78, 5) is 11.9. The molecule has 1 amide bonds. The van der Waals surface area contributed by atoms with Gasteiger partial charge in [0.15, 0.2) is 0 Å². The molecule has 1 aromatic heterocycles. The molecule has 6 heteroatoms. The number of carbonyl (C=O) groups excluding carboxylic acids is 1. The third kappa shape index (κ3) is 3.93. The zero-order chi connectivity index (χ0) is 14.2. The zero-order valence-electron chi connectivity index (χ0n) is 10.9. The van der Waals surface area contributed by atoms with Gasteiger partial charge in [-0.15, -0.1) is 5.10 Å². The molecule has 0 saturated carbocycles. The van der Waals surface area contributed by atoms with Crippen molar-refractivity contribution >= 4 is 11.6 Å². The SMILES string of the molecule is NCC#Cc1ccccc1NC(=O)CCn1ccnn1. The molecular weight excluding hydrogens is 254 g/mol. The van der Waals surface area contributed by atoms with Crippen molar-refractivity contribution < 1.29 is 4.79 Å². The molecular formula is C14H15N5O. The van der Waals surface area contributed by atoms with Crippen molar-refractivity contribution in [2.45, 2.75) is 13.0 Å². The fourth-order valence-electron chi connectivity index (χ4n) is 1.63. The number of anilines is 1. The molecule has 0 radical (unpaired) electrons. The first-order valence-corrected chi connectivity index (χ1v) is 6.21. The molecule has 0 saturated heterocycles. The highest BCUT2D eigenvalue weighted by molar-refractivity contribution is 5.92. The Hall–Kier alpha value is -2.65. The molecule has 0 aliphatic carbocycles. The standard InChI is InChI=1S/C14H15N5O/c15-8-3-5-12-4-1-2-6-13(12)17-14(20)7-10-19-11-9-16-18-19/h1-2,4,6,9,11H,7-8,10,15H2,(H,17,20). The molecule has 6 nitrogen and oxygen atoms in total. The first-order chi connectivity index (χ1) is 9.79. The molecule has 0 aliphatic heterocycles. The van der Waals surface area contributed by atoms with E-state index in [4.69, 9.17) is 5.73 Å². The van der Waals surface area contributed by atoms with Gasteiger partial charge in [-0.05, 0) is 12.1 Å². The minimum absolute atomic E-state index is 0.0949. The number of carbonyl (C=O) groups is 1. The van der Waals surface area contributed by atoms with Crippen LogP contribution < -0.4 is 11.1 Å². The van der Waals surface area contributed by atoms with Crippen LogP contribution in [-0.4, -0.2) is 27.4 Å². The summed E-state index contributed by atoms with van der Waals surface area (Å²) in [6.45, 7) is 0.775. The van der Waals surface area contributed by atoms with Crippen LogP contribution in [0.3, 0.4) is 0 Å². The molecule has 2 aromatic rings. The monoisotopic (exact) mass is 269 g/mol. The van der Waals surface area contributed by atoms with Crippen molar-refractivity contribution in [3.63, 3.8) is 0 Å². The summed E-state index contributed by atoms with van der Waals surface area (Å²) in [6, 6.07) is 7.37. The first-order valence-electron chi connectivity index (χ1n) is 6.21. The van der Waals surface area contributed by atoms with Crippen LogP contribution in [0.5, 0.6) is 0 Å². The second-order valence-corrected chi connectivity index (χ2v) is 4.02. The largest absolute Gasteiger partial charge is 0.325 e. The Morgan fingerprint density at radius 1 is 1.40 bits per heavy atom. The Morgan fingerprint density at radius 2 is 2.25 bits per heavy atom. The Kier molecular flexibility index (Phi) is 4.87. The minimum atomic E-state index is -0.0949. The van der Waals surface area contributed by atoms with Crippen molar-refractivity contribution in [3.8, 4) is 11.8 Å². The van der Waals surface area contributed by atoms with Crippen LogP contribution in [0.25, 0.3) is 0 Å². The van der Waals surface area contributed by atoms with Gasteiger partial charge in [0.1, 0.15) is 0 Å². The first kappa shape index (κ1) is 13.8. The summed E-state index contributed by atoms with van der Waals surface area (Å²) >= 11 is 0. The maximum absolute atomic E-state index is 11.9. The summed E-state index contributed by atoms with van der Waals surface area (Å²) in [7, 11) is 0. The average molecular weight is 269 g/mol. The predicted octanol–water partition coefficient (Wildman–Crippen LogP) is 0.617. The molecule has 2 rings (SSSR count). The molecule has 0 aliphatic rings. The summed E-state index contributed by atoms with van der Waals surface area (Å²) in [5, 5.41) is 10.3. The lowest BCUT2D eigenvalue weighted by Crippen LogP contribution is -2.15. The van der Waals surface area contributed by atoms with Gasteiger partial charge in [-0.25, -0.2) is 0 Å². The summed E-state index contributed by atoms with van der Waals surface area (Å²) in [5.41, 5.74) is 6.80. The van der Waals surface area contributed by atoms with Crippen LogP contribution in [0.4, 0.5) is 5.69 Å². The number of amides is 1. The second-order valence-electron chi connectivity index (χ2n) is 4.02. The molecule has 1 heterocycles. The fraction of sp³-hybridized carbons (Fsp3) is 0.214. The van der Waals surface area contributed by atoms with Crippen LogP contribution in [-0.2, 0) is 11.3 Å². The Balaban J connectivity index is 1.97. The van der Waals surface area contributed by atoms with Crippen LogP contribution in [0, 0.1) is 11.8 Å². The number of nitrogens with one attached hydrogen (secondary N) is 1. The van der Waals surface area contributed by atoms with Gasteiger partial charge in [-0.1, -0.05) is 29.2 Å². The van der Waals surface area contributed by atoms with E-state index in [0.717, 1.165) is 5.56 Å². The van der Waals surface area contributed by atoms with E-state index in [2.05, 4.69) is 27.5 Å². The topological polar surface area (TPSA) is 85.8 Å². The molecule has 20 heavy (non-hydrogen) atoms. The normalized spacial score (nSPS) is 9.65.